The highest BCUT2D eigenvalue weighted by Crippen LogP contribution is 2.28. The SMILES string of the molecule is CN(C)S(=O)(=O)c1ccc(F)c(NC(=O)COCC2CC2)c1. The van der Waals surface area contributed by atoms with Crippen molar-refractivity contribution in [1.29, 1.82) is 0 Å². The molecule has 122 valence electrons. The van der Waals surface area contributed by atoms with Gasteiger partial charge in [-0.05, 0) is 37.0 Å². The second kappa shape index (κ2) is 6.72. The minimum atomic E-state index is -3.69. The number of nitrogens with one attached hydrogen (secondary N) is 1. The van der Waals surface area contributed by atoms with E-state index in [1.54, 1.807) is 0 Å². The summed E-state index contributed by atoms with van der Waals surface area (Å²) in [6.45, 7) is 0.339. The Kier molecular flexibility index (Phi) is 5.15. The molecule has 0 heterocycles. The first-order valence-corrected chi connectivity index (χ1v) is 8.34. The number of hydrogen-bond donors (Lipinski definition) is 1. The molecule has 1 aliphatic carbocycles. The zero-order valence-electron chi connectivity index (χ0n) is 12.5. The number of halogens is 1. The summed E-state index contributed by atoms with van der Waals surface area (Å²) >= 11 is 0. The minimum Gasteiger partial charge on any atom is -0.371 e. The van der Waals surface area contributed by atoms with Gasteiger partial charge in [-0.1, -0.05) is 0 Å². The average molecular weight is 330 g/mol. The van der Waals surface area contributed by atoms with Crippen LogP contribution < -0.4 is 5.32 Å². The third kappa shape index (κ3) is 4.25. The molecule has 1 aliphatic rings. The molecule has 1 amide bonds. The van der Waals surface area contributed by atoms with Crippen LogP contribution in [0.25, 0.3) is 0 Å². The fourth-order valence-electron chi connectivity index (χ4n) is 1.76. The Labute approximate surface area is 129 Å². The third-order valence-corrected chi connectivity index (χ3v) is 5.09. The summed E-state index contributed by atoms with van der Waals surface area (Å²) in [5.74, 6) is -0.690. The lowest BCUT2D eigenvalue weighted by Crippen LogP contribution is -2.23. The fourth-order valence-corrected chi connectivity index (χ4v) is 2.69. The van der Waals surface area contributed by atoms with Crippen molar-refractivity contribution < 1.29 is 22.3 Å². The van der Waals surface area contributed by atoms with Crippen LogP contribution in [0.5, 0.6) is 0 Å². The molecule has 0 aliphatic heterocycles. The highest BCUT2D eigenvalue weighted by Gasteiger charge is 2.22. The van der Waals surface area contributed by atoms with E-state index in [1.165, 1.54) is 14.1 Å². The summed E-state index contributed by atoms with van der Waals surface area (Å²) in [5.41, 5.74) is -0.178. The number of nitrogens with zero attached hydrogens (tertiary/aromatic N) is 1. The van der Waals surface area contributed by atoms with Crippen LogP contribution in [-0.2, 0) is 19.6 Å². The molecule has 1 fully saturated rings. The lowest BCUT2D eigenvalue weighted by Gasteiger charge is -2.13. The van der Waals surface area contributed by atoms with Crippen LogP contribution in [0, 0.1) is 11.7 Å². The second-order valence-corrected chi connectivity index (χ2v) is 7.59. The van der Waals surface area contributed by atoms with Crippen LogP contribution in [0.4, 0.5) is 10.1 Å². The van der Waals surface area contributed by atoms with E-state index < -0.39 is 21.7 Å². The Bertz CT molecular complexity index is 657. The molecule has 6 nitrogen and oxygen atoms in total. The van der Waals surface area contributed by atoms with Crippen molar-refractivity contribution in [3.8, 4) is 0 Å². The van der Waals surface area contributed by atoms with E-state index in [2.05, 4.69) is 5.32 Å². The molecule has 0 bridgehead atoms. The van der Waals surface area contributed by atoms with Gasteiger partial charge in [-0.15, -0.1) is 0 Å². The standard InChI is InChI=1S/C14H19FN2O4S/c1-17(2)22(19,20)11-5-6-12(15)13(7-11)16-14(18)9-21-8-10-3-4-10/h5-7,10H,3-4,8-9H2,1-2H3,(H,16,18). The molecule has 0 saturated heterocycles. The van der Waals surface area contributed by atoms with Gasteiger partial charge in [-0.25, -0.2) is 17.1 Å². The number of anilines is 1. The molecule has 22 heavy (non-hydrogen) atoms. The average Bonchev–Trinajstić information content (AvgIpc) is 3.25. The molecule has 2 rings (SSSR count). The van der Waals surface area contributed by atoms with Crippen LogP contribution in [0.1, 0.15) is 12.8 Å². The van der Waals surface area contributed by atoms with Gasteiger partial charge in [0.1, 0.15) is 12.4 Å². The fraction of sp³-hybridized carbons (Fsp3) is 0.500. The highest BCUT2D eigenvalue weighted by atomic mass is 32.2. The monoisotopic (exact) mass is 330 g/mol. The maximum absolute atomic E-state index is 13.7. The smallest absolute Gasteiger partial charge is 0.250 e. The van der Waals surface area contributed by atoms with Gasteiger partial charge >= 0.3 is 0 Å². The number of carbonyl (C=O) groups excluding carboxylic acids is 1. The van der Waals surface area contributed by atoms with Crippen LogP contribution in [0.2, 0.25) is 0 Å². The summed E-state index contributed by atoms with van der Waals surface area (Å²) in [4.78, 5) is 11.6. The van der Waals surface area contributed by atoms with E-state index in [1.807, 2.05) is 0 Å². The van der Waals surface area contributed by atoms with Crippen LogP contribution in [0.3, 0.4) is 0 Å². The predicted molar refractivity (Wildman–Crippen MR) is 79.4 cm³/mol. The van der Waals surface area contributed by atoms with E-state index in [0.29, 0.717) is 12.5 Å². The van der Waals surface area contributed by atoms with Crippen LogP contribution >= 0.6 is 0 Å². The van der Waals surface area contributed by atoms with Crippen LogP contribution in [0.15, 0.2) is 23.1 Å². The van der Waals surface area contributed by atoms with Crippen molar-refractivity contribution in [1.82, 2.24) is 4.31 Å². The Morgan fingerprint density at radius 1 is 1.41 bits per heavy atom. The summed E-state index contributed by atoms with van der Waals surface area (Å²) in [6, 6.07) is 3.27. The van der Waals surface area contributed by atoms with Gasteiger partial charge in [0.15, 0.2) is 0 Å². The highest BCUT2D eigenvalue weighted by molar-refractivity contribution is 7.89. The van der Waals surface area contributed by atoms with Crippen LogP contribution in [-0.4, -0.2) is 45.9 Å². The second-order valence-electron chi connectivity index (χ2n) is 5.44. The molecular weight excluding hydrogens is 311 g/mol. The van der Waals surface area contributed by atoms with Gasteiger partial charge in [0.25, 0.3) is 0 Å². The zero-order chi connectivity index (χ0) is 16.3. The number of carbonyl (C=O) groups is 1. The number of ether oxygens (including phenoxy) is 1. The van der Waals surface area contributed by atoms with Gasteiger partial charge in [0.2, 0.25) is 15.9 Å². The Morgan fingerprint density at radius 2 is 2.09 bits per heavy atom. The topological polar surface area (TPSA) is 75.7 Å². The summed E-state index contributed by atoms with van der Waals surface area (Å²) in [7, 11) is -0.932. The molecular formula is C14H19FN2O4S. The lowest BCUT2D eigenvalue weighted by atomic mass is 10.3. The largest absolute Gasteiger partial charge is 0.371 e. The van der Waals surface area contributed by atoms with Crippen molar-refractivity contribution in [2.75, 3.05) is 32.6 Å². The number of sulfonamides is 1. The molecule has 1 aromatic rings. The van der Waals surface area contributed by atoms with Crippen molar-refractivity contribution in [2.24, 2.45) is 5.92 Å². The van der Waals surface area contributed by atoms with Gasteiger partial charge in [0, 0.05) is 14.1 Å². The Balaban J connectivity index is 2.04. The van der Waals surface area contributed by atoms with Gasteiger partial charge < -0.3 is 10.1 Å². The van der Waals surface area contributed by atoms with Crippen molar-refractivity contribution >= 4 is 21.6 Å². The third-order valence-electron chi connectivity index (χ3n) is 3.27. The molecule has 1 saturated carbocycles. The predicted octanol–water partition coefficient (Wildman–Crippen LogP) is 1.44. The van der Waals surface area contributed by atoms with Gasteiger partial charge in [0.05, 0.1) is 17.2 Å². The number of rotatable bonds is 7. The summed E-state index contributed by atoms with van der Waals surface area (Å²) in [5, 5.41) is 2.33. The van der Waals surface area contributed by atoms with Crippen molar-refractivity contribution in [2.45, 2.75) is 17.7 Å². The first kappa shape index (κ1) is 16.9. The Morgan fingerprint density at radius 3 is 2.68 bits per heavy atom. The minimum absolute atomic E-state index is 0.0897. The van der Waals surface area contributed by atoms with E-state index in [4.69, 9.17) is 4.74 Å². The molecule has 8 heteroatoms. The number of benzene rings is 1. The molecule has 0 atom stereocenters. The molecule has 0 spiro atoms. The normalized spacial score (nSPS) is 15.1. The molecule has 0 unspecified atom stereocenters. The molecule has 0 aromatic heterocycles. The van der Waals surface area contributed by atoms with E-state index in [0.717, 1.165) is 35.3 Å². The number of hydrogen-bond acceptors (Lipinski definition) is 4. The maximum atomic E-state index is 13.7. The Hall–Kier alpha value is -1.51. The zero-order valence-corrected chi connectivity index (χ0v) is 13.3. The molecule has 1 aromatic carbocycles. The van der Waals surface area contributed by atoms with E-state index in [9.17, 15) is 17.6 Å². The first-order valence-electron chi connectivity index (χ1n) is 6.90. The quantitative estimate of drug-likeness (QED) is 0.821. The van der Waals surface area contributed by atoms with Gasteiger partial charge in [-0.2, -0.15) is 0 Å². The first-order chi connectivity index (χ1) is 10.3. The maximum Gasteiger partial charge on any atom is 0.250 e. The molecule has 1 N–H and O–H groups in total. The lowest BCUT2D eigenvalue weighted by molar-refractivity contribution is -0.120. The van der Waals surface area contributed by atoms with Gasteiger partial charge in [-0.3, -0.25) is 4.79 Å². The molecule has 0 radical (unpaired) electrons. The number of amides is 1. The summed E-state index contributed by atoms with van der Waals surface area (Å²) < 4.78 is 43.9. The van der Waals surface area contributed by atoms with E-state index >= 15 is 0 Å². The van der Waals surface area contributed by atoms with E-state index in [-0.39, 0.29) is 17.2 Å². The summed E-state index contributed by atoms with van der Waals surface area (Å²) in [6.07, 6.45) is 2.22. The van der Waals surface area contributed by atoms with Crippen molar-refractivity contribution in [3.05, 3.63) is 24.0 Å². The van der Waals surface area contributed by atoms with Crippen molar-refractivity contribution in [3.63, 3.8) is 0 Å².